The standard InChI is InChI=1S/C10H17NO2/c1-6(12)10(13)11-9-5-7-2-3-8(9)4-7/h6-9,12H,2-5H2,1H3,(H,11,13)/t6-,7?,8?,9?/m1/s1. The molecule has 3 unspecified atom stereocenters. The molecule has 0 saturated heterocycles. The number of hydrogen-bond acceptors (Lipinski definition) is 2. The lowest BCUT2D eigenvalue weighted by Crippen LogP contribution is -2.42. The summed E-state index contributed by atoms with van der Waals surface area (Å²) in [5, 5.41) is 12.0. The van der Waals surface area contributed by atoms with E-state index in [9.17, 15) is 4.79 Å². The molecule has 0 aliphatic heterocycles. The smallest absolute Gasteiger partial charge is 0.248 e. The van der Waals surface area contributed by atoms with E-state index in [-0.39, 0.29) is 5.91 Å². The molecule has 0 heterocycles. The van der Waals surface area contributed by atoms with Gasteiger partial charge in [-0.1, -0.05) is 6.42 Å². The van der Waals surface area contributed by atoms with Gasteiger partial charge in [0.25, 0.3) is 0 Å². The van der Waals surface area contributed by atoms with Crippen LogP contribution in [0.2, 0.25) is 0 Å². The van der Waals surface area contributed by atoms with Crippen molar-refractivity contribution in [1.82, 2.24) is 5.32 Å². The summed E-state index contributed by atoms with van der Waals surface area (Å²) < 4.78 is 0. The number of fused-ring (bicyclic) bond motifs is 2. The Bertz CT molecular complexity index is 215. The quantitative estimate of drug-likeness (QED) is 0.661. The van der Waals surface area contributed by atoms with Gasteiger partial charge in [0.2, 0.25) is 5.91 Å². The SMILES string of the molecule is C[C@@H](O)C(=O)NC1CC2CCC1C2. The van der Waals surface area contributed by atoms with Crippen LogP contribution in [0.15, 0.2) is 0 Å². The van der Waals surface area contributed by atoms with Gasteiger partial charge in [-0.2, -0.15) is 0 Å². The van der Waals surface area contributed by atoms with Crippen molar-refractivity contribution in [1.29, 1.82) is 0 Å². The van der Waals surface area contributed by atoms with Gasteiger partial charge < -0.3 is 10.4 Å². The van der Waals surface area contributed by atoms with Crippen LogP contribution in [-0.2, 0) is 4.79 Å². The second-order valence-corrected chi connectivity index (χ2v) is 4.47. The van der Waals surface area contributed by atoms with Crippen molar-refractivity contribution in [2.45, 2.75) is 44.8 Å². The molecule has 2 N–H and O–H groups in total. The molecule has 0 aromatic carbocycles. The van der Waals surface area contributed by atoms with Crippen molar-refractivity contribution in [3.63, 3.8) is 0 Å². The second kappa shape index (κ2) is 3.29. The highest BCUT2D eigenvalue weighted by molar-refractivity contribution is 5.80. The van der Waals surface area contributed by atoms with E-state index in [2.05, 4.69) is 5.32 Å². The summed E-state index contributed by atoms with van der Waals surface area (Å²) >= 11 is 0. The maximum Gasteiger partial charge on any atom is 0.248 e. The summed E-state index contributed by atoms with van der Waals surface area (Å²) in [6.45, 7) is 1.52. The van der Waals surface area contributed by atoms with Gasteiger partial charge in [-0.25, -0.2) is 0 Å². The number of carbonyl (C=O) groups excluding carboxylic acids is 1. The lowest BCUT2D eigenvalue weighted by Gasteiger charge is -2.23. The molecule has 2 fully saturated rings. The van der Waals surface area contributed by atoms with Crippen LogP contribution in [-0.4, -0.2) is 23.2 Å². The minimum absolute atomic E-state index is 0.211. The highest BCUT2D eigenvalue weighted by Crippen LogP contribution is 2.44. The van der Waals surface area contributed by atoms with Crippen LogP contribution in [0.5, 0.6) is 0 Å². The van der Waals surface area contributed by atoms with Crippen LogP contribution in [0.25, 0.3) is 0 Å². The first-order valence-electron chi connectivity index (χ1n) is 5.15. The van der Waals surface area contributed by atoms with Gasteiger partial charge in [0.1, 0.15) is 6.10 Å². The minimum Gasteiger partial charge on any atom is -0.384 e. The van der Waals surface area contributed by atoms with Crippen molar-refractivity contribution in [2.75, 3.05) is 0 Å². The molecule has 74 valence electrons. The predicted octanol–water partition coefficient (Wildman–Crippen LogP) is 0.672. The monoisotopic (exact) mass is 183 g/mol. The van der Waals surface area contributed by atoms with Crippen molar-refractivity contribution < 1.29 is 9.90 Å². The summed E-state index contributed by atoms with van der Waals surface area (Å²) in [5.74, 6) is 1.31. The van der Waals surface area contributed by atoms with E-state index in [1.807, 2.05) is 0 Å². The van der Waals surface area contributed by atoms with Gasteiger partial charge >= 0.3 is 0 Å². The molecule has 2 aliphatic rings. The van der Waals surface area contributed by atoms with E-state index < -0.39 is 6.10 Å². The Hall–Kier alpha value is -0.570. The highest BCUT2D eigenvalue weighted by Gasteiger charge is 2.40. The number of hydrogen-bond donors (Lipinski definition) is 2. The molecule has 2 rings (SSSR count). The Morgan fingerprint density at radius 2 is 2.23 bits per heavy atom. The molecule has 2 bridgehead atoms. The zero-order valence-corrected chi connectivity index (χ0v) is 7.99. The van der Waals surface area contributed by atoms with Crippen LogP contribution in [0.3, 0.4) is 0 Å². The lowest BCUT2D eigenvalue weighted by molar-refractivity contribution is -0.129. The Morgan fingerprint density at radius 3 is 2.69 bits per heavy atom. The number of nitrogens with one attached hydrogen (secondary N) is 1. The van der Waals surface area contributed by atoms with Gasteiger partial charge in [-0.3, -0.25) is 4.79 Å². The molecule has 4 atom stereocenters. The van der Waals surface area contributed by atoms with Crippen LogP contribution >= 0.6 is 0 Å². The molecule has 13 heavy (non-hydrogen) atoms. The second-order valence-electron chi connectivity index (χ2n) is 4.47. The average molecular weight is 183 g/mol. The van der Waals surface area contributed by atoms with Crippen LogP contribution in [0.4, 0.5) is 0 Å². The first-order chi connectivity index (χ1) is 6.16. The van der Waals surface area contributed by atoms with E-state index >= 15 is 0 Å². The van der Waals surface area contributed by atoms with E-state index in [1.54, 1.807) is 0 Å². The molecule has 0 aromatic heterocycles. The molecule has 2 aliphatic carbocycles. The fourth-order valence-electron chi connectivity index (χ4n) is 2.72. The number of aliphatic hydroxyl groups is 1. The molecule has 3 nitrogen and oxygen atoms in total. The topological polar surface area (TPSA) is 49.3 Å². The van der Waals surface area contributed by atoms with Crippen LogP contribution in [0, 0.1) is 11.8 Å². The van der Waals surface area contributed by atoms with Crippen molar-refractivity contribution in [2.24, 2.45) is 11.8 Å². The molecule has 3 heteroatoms. The normalized spacial score (nSPS) is 39.1. The summed E-state index contributed by atoms with van der Waals surface area (Å²) in [4.78, 5) is 11.2. The van der Waals surface area contributed by atoms with Crippen molar-refractivity contribution in [3.05, 3.63) is 0 Å². The zero-order chi connectivity index (χ0) is 9.42. The van der Waals surface area contributed by atoms with Gasteiger partial charge in [-0.15, -0.1) is 0 Å². The van der Waals surface area contributed by atoms with Gasteiger partial charge in [0.15, 0.2) is 0 Å². The van der Waals surface area contributed by atoms with Gasteiger partial charge in [0, 0.05) is 6.04 Å². The van der Waals surface area contributed by atoms with Gasteiger partial charge in [-0.05, 0) is 38.0 Å². The van der Waals surface area contributed by atoms with E-state index in [1.165, 1.54) is 26.2 Å². The number of aliphatic hydroxyl groups excluding tert-OH is 1. The number of rotatable bonds is 2. The molecule has 2 saturated carbocycles. The summed E-state index contributed by atoms with van der Waals surface area (Å²) in [6.07, 6.45) is 4.15. The lowest BCUT2D eigenvalue weighted by atomic mass is 9.95. The predicted molar refractivity (Wildman–Crippen MR) is 49.1 cm³/mol. The fourth-order valence-corrected chi connectivity index (χ4v) is 2.72. The molecule has 0 radical (unpaired) electrons. The first-order valence-corrected chi connectivity index (χ1v) is 5.15. The van der Waals surface area contributed by atoms with E-state index in [4.69, 9.17) is 5.11 Å². The number of carbonyl (C=O) groups is 1. The van der Waals surface area contributed by atoms with Crippen LogP contribution < -0.4 is 5.32 Å². The number of amides is 1. The molecule has 0 spiro atoms. The average Bonchev–Trinajstić information content (AvgIpc) is 2.64. The maximum absolute atomic E-state index is 11.2. The Kier molecular flexibility index (Phi) is 2.28. The molecule has 0 aromatic rings. The summed E-state index contributed by atoms with van der Waals surface area (Å²) in [5.41, 5.74) is 0. The summed E-state index contributed by atoms with van der Waals surface area (Å²) in [6, 6.07) is 0.348. The third kappa shape index (κ3) is 1.70. The highest BCUT2D eigenvalue weighted by atomic mass is 16.3. The molecular formula is C10H17NO2. The summed E-state index contributed by atoms with van der Waals surface area (Å²) in [7, 11) is 0. The minimum atomic E-state index is -0.862. The largest absolute Gasteiger partial charge is 0.384 e. The first kappa shape index (κ1) is 9.00. The zero-order valence-electron chi connectivity index (χ0n) is 7.99. The van der Waals surface area contributed by atoms with Crippen molar-refractivity contribution >= 4 is 5.91 Å². The Balaban J connectivity index is 1.86. The van der Waals surface area contributed by atoms with E-state index in [0.29, 0.717) is 12.0 Å². The fraction of sp³-hybridized carbons (Fsp3) is 0.900. The van der Waals surface area contributed by atoms with Gasteiger partial charge in [0.05, 0.1) is 0 Å². The molecule has 1 amide bonds. The van der Waals surface area contributed by atoms with Crippen molar-refractivity contribution in [3.8, 4) is 0 Å². The maximum atomic E-state index is 11.2. The third-order valence-electron chi connectivity index (χ3n) is 3.45. The Morgan fingerprint density at radius 1 is 1.46 bits per heavy atom. The molecular weight excluding hydrogens is 166 g/mol. The third-order valence-corrected chi connectivity index (χ3v) is 3.45. The Labute approximate surface area is 78.5 Å². The van der Waals surface area contributed by atoms with E-state index in [0.717, 1.165) is 12.3 Å². The van der Waals surface area contributed by atoms with Crippen LogP contribution in [0.1, 0.15) is 32.6 Å².